The second kappa shape index (κ2) is 7.97. The highest BCUT2D eigenvalue weighted by atomic mass is 16.5. The first kappa shape index (κ1) is 16.5. The third-order valence-electron chi connectivity index (χ3n) is 4.14. The van der Waals surface area contributed by atoms with Gasteiger partial charge in [-0.05, 0) is 49.2 Å². The van der Waals surface area contributed by atoms with E-state index in [1.54, 1.807) is 10.7 Å². The molecule has 1 aliphatic heterocycles. The van der Waals surface area contributed by atoms with Crippen LogP contribution in [0.1, 0.15) is 12.8 Å². The Hall–Kier alpha value is -2.34. The number of benzene rings is 1. The summed E-state index contributed by atoms with van der Waals surface area (Å²) in [5, 5.41) is 10.4. The van der Waals surface area contributed by atoms with Gasteiger partial charge in [-0.1, -0.05) is 0 Å². The molecule has 3 rings (SSSR count). The highest BCUT2D eigenvalue weighted by Gasteiger charge is 2.20. The first-order valence-corrected chi connectivity index (χ1v) is 8.34. The molecule has 0 spiro atoms. The molecule has 24 heavy (non-hydrogen) atoms. The Morgan fingerprint density at radius 1 is 1.50 bits per heavy atom. The molecule has 2 N–H and O–H groups in total. The van der Waals surface area contributed by atoms with Crippen LogP contribution in [0, 0.1) is 12.0 Å². The number of aromatic nitrogens is 2. The molecular formula is C18H23N4O2. The smallest absolute Gasteiger partial charge is 0.224 e. The predicted octanol–water partition coefficient (Wildman–Crippen LogP) is 1.38. The Bertz CT molecular complexity index is 677. The van der Waals surface area contributed by atoms with E-state index in [2.05, 4.69) is 21.8 Å². The second-order valence-corrected chi connectivity index (χ2v) is 6.04. The number of hydrogen-bond acceptors (Lipinski definition) is 4. The largest absolute Gasteiger partial charge is 0.492 e. The molecule has 1 aromatic heterocycles. The zero-order chi connectivity index (χ0) is 16.8. The molecule has 0 unspecified atom stereocenters. The van der Waals surface area contributed by atoms with Crippen molar-refractivity contribution in [3.63, 3.8) is 0 Å². The van der Waals surface area contributed by atoms with E-state index in [1.807, 2.05) is 31.6 Å². The molecule has 1 radical (unpaired) electrons. The molecule has 0 bridgehead atoms. The van der Waals surface area contributed by atoms with Gasteiger partial charge in [-0.25, -0.2) is 0 Å². The second-order valence-electron chi connectivity index (χ2n) is 6.04. The molecule has 0 aliphatic carbocycles. The van der Waals surface area contributed by atoms with Gasteiger partial charge in [0.15, 0.2) is 0 Å². The molecule has 1 fully saturated rings. The Morgan fingerprint density at radius 2 is 2.42 bits per heavy atom. The number of hydrogen-bond donors (Lipinski definition) is 2. The molecule has 127 valence electrons. The summed E-state index contributed by atoms with van der Waals surface area (Å²) in [7, 11) is 1.89. The van der Waals surface area contributed by atoms with Crippen LogP contribution >= 0.6 is 0 Å². The van der Waals surface area contributed by atoms with Crippen LogP contribution in [0.15, 0.2) is 30.6 Å². The van der Waals surface area contributed by atoms with E-state index in [0.29, 0.717) is 13.2 Å². The maximum atomic E-state index is 12.0. The summed E-state index contributed by atoms with van der Waals surface area (Å²) in [4.78, 5) is 12.0. The highest BCUT2D eigenvalue weighted by Crippen LogP contribution is 2.22. The van der Waals surface area contributed by atoms with Gasteiger partial charge in [0.1, 0.15) is 12.4 Å². The summed E-state index contributed by atoms with van der Waals surface area (Å²) in [5.41, 5.74) is 2.04. The van der Waals surface area contributed by atoms with Crippen LogP contribution in [-0.4, -0.2) is 41.9 Å². The number of nitrogens with zero attached hydrogens (tertiary/aromatic N) is 2. The topological polar surface area (TPSA) is 68.2 Å². The normalized spacial score (nSPS) is 17.5. The number of rotatable bonds is 6. The van der Waals surface area contributed by atoms with E-state index in [-0.39, 0.29) is 11.8 Å². The summed E-state index contributed by atoms with van der Waals surface area (Å²) < 4.78 is 7.49. The quantitative estimate of drug-likeness (QED) is 0.787. The monoisotopic (exact) mass is 327 g/mol. The minimum absolute atomic E-state index is 0.0843. The van der Waals surface area contributed by atoms with E-state index < -0.39 is 0 Å². The maximum Gasteiger partial charge on any atom is 0.224 e. The van der Waals surface area contributed by atoms with Gasteiger partial charge in [-0.15, -0.1) is 0 Å². The van der Waals surface area contributed by atoms with Crippen molar-refractivity contribution in [2.24, 2.45) is 13.0 Å². The zero-order valence-electron chi connectivity index (χ0n) is 13.9. The summed E-state index contributed by atoms with van der Waals surface area (Å²) in [6.07, 6.45) is 5.78. The van der Waals surface area contributed by atoms with Gasteiger partial charge in [0.25, 0.3) is 0 Å². The third-order valence-corrected chi connectivity index (χ3v) is 4.14. The Balaban J connectivity index is 1.46. The number of carbonyl (C=O) groups excluding carboxylic acids is 1. The average molecular weight is 327 g/mol. The standard InChI is InChI=1S/C18H23N4O2/c1-22-13-16(12-21-22)14-4-2-6-17(10-14)24-9-8-20-18(23)15-5-3-7-19-11-15/h4,6,10,12-13,15,19H,3,5,7-9,11H2,1H3,(H,20,23)/t15-/m1/s1. The fourth-order valence-corrected chi connectivity index (χ4v) is 2.83. The maximum absolute atomic E-state index is 12.0. The molecule has 6 heteroatoms. The van der Waals surface area contributed by atoms with Crippen molar-refractivity contribution >= 4 is 5.91 Å². The van der Waals surface area contributed by atoms with E-state index in [9.17, 15) is 4.79 Å². The van der Waals surface area contributed by atoms with Gasteiger partial charge in [-0.3, -0.25) is 9.48 Å². The minimum Gasteiger partial charge on any atom is -0.492 e. The fraction of sp³-hybridized carbons (Fsp3) is 0.444. The minimum atomic E-state index is 0.0843. The van der Waals surface area contributed by atoms with Crippen molar-refractivity contribution in [1.29, 1.82) is 0 Å². The van der Waals surface area contributed by atoms with Crippen molar-refractivity contribution < 1.29 is 9.53 Å². The van der Waals surface area contributed by atoms with Crippen LogP contribution in [-0.2, 0) is 11.8 Å². The van der Waals surface area contributed by atoms with Crippen LogP contribution in [0.5, 0.6) is 5.75 Å². The van der Waals surface area contributed by atoms with Crippen molar-refractivity contribution in [2.75, 3.05) is 26.2 Å². The molecule has 1 atom stereocenters. The van der Waals surface area contributed by atoms with Crippen LogP contribution in [0.4, 0.5) is 0 Å². The molecular weight excluding hydrogens is 304 g/mol. The fourth-order valence-electron chi connectivity index (χ4n) is 2.83. The lowest BCUT2D eigenvalue weighted by Gasteiger charge is -2.21. The number of amides is 1. The molecule has 1 aromatic carbocycles. The number of aryl methyl sites for hydroxylation is 1. The SMILES string of the molecule is Cn1cc(-c2c[c]cc(OCCNC(=O)[C@@H]3CCCNC3)c2)cn1. The van der Waals surface area contributed by atoms with E-state index in [1.165, 1.54) is 0 Å². The van der Waals surface area contributed by atoms with Gasteiger partial charge >= 0.3 is 0 Å². The molecule has 1 aliphatic rings. The number of nitrogens with one attached hydrogen (secondary N) is 2. The summed E-state index contributed by atoms with van der Waals surface area (Å²) in [5.74, 6) is 0.937. The first-order chi connectivity index (χ1) is 11.7. The number of carbonyl (C=O) groups is 1. The third kappa shape index (κ3) is 4.35. The van der Waals surface area contributed by atoms with Crippen LogP contribution in [0.3, 0.4) is 0 Å². The number of piperidine rings is 1. The van der Waals surface area contributed by atoms with Gasteiger partial charge in [0.05, 0.1) is 18.7 Å². The van der Waals surface area contributed by atoms with Crippen molar-refractivity contribution in [3.8, 4) is 16.9 Å². The Labute approximate surface area is 142 Å². The van der Waals surface area contributed by atoms with Crippen LogP contribution in [0.2, 0.25) is 0 Å². The number of ether oxygens (including phenoxy) is 1. The van der Waals surface area contributed by atoms with Crippen molar-refractivity contribution in [3.05, 3.63) is 36.7 Å². The van der Waals surface area contributed by atoms with Gasteiger partial charge in [0, 0.05) is 25.4 Å². The lowest BCUT2D eigenvalue weighted by Crippen LogP contribution is -2.41. The van der Waals surface area contributed by atoms with Crippen molar-refractivity contribution in [2.45, 2.75) is 12.8 Å². The zero-order valence-corrected chi connectivity index (χ0v) is 13.9. The first-order valence-electron chi connectivity index (χ1n) is 8.34. The molecule has 6 nitrogen and oxygen atoms in total. The Morgan fingerprint density at radius 3 is 3.17 bits per heavy atom. The van der Waals surface area contributed by atoms with E-state index in [0.717, 1.165) is 42.8 Å². The summed E-state index contributed by atoms with van der Waals surface area (Å²) in [6.45, 7) is 2.73. The van der Waals surface area contributed by atoms with Gasteiger partial charge < -0.3 is 15.4 Å². The Kier molecular flexibility index (Phi) is 5.48. The lowest BCUT2D eigenvalue weighted by atomic mass is 9.99. The molecule has 1 amide bonds. The molecule has 2 heterocycles. The van der Waals surface area contributed by atoms with Gasteiger partial charge in [-0.2, -0.15) is 5.10 Å². The summed E-state index contributed by atoms with van der Waals surface area (Å²) >= 11 is 0. The predicted molar refractivity (Wildman–Crippen MR) is 91.6 cm³/mol. The molecule has 0 saturated carbocycles. The highest BCUT2D eigenvalue weighted by molar-refractivity contribution is 5.78. The van der Waals surface area contributed by atoms with E-state index in [4.69, 9.17) is 4.74 Å². The average Bonchev–Trinajstić information content (AvgIpc) is 3.06. The molecule has 2 aromatic rings. The van der Waals surface area contributed by atoms with Gasteiger partial charge in [0.2, 0.25) is 5.91 Å². The summed E-state index contributed by atoms with van der Waals surface area (Å²) in [6, 6.07) is 8.74. The van der Waals surface area contributed by atoms with Crippen molar-refractivity contribution in [1.82, 2.24) is 20.4 Å². The van der Waals surface area contributed by atoms with Crippen LogP contribution < -0.4 is 15.4 Å². The van der Waals surface area contributed by atoms with Crippen LogP contribution in [0.25, 0.3) is 11.1 Å². The molecule has 1 saturated heterocycles. The lowest BCUT2D eigenvalue weighted by molar-refractivity contribution is -0.125. The van der Waals surface area contributed by atoms with E-state index >= 15 is 0 Å².